The average Bonchev–Trinajstić information content (AvgIpc) is 3.14. The lowest BCUT2D eigenvalue weighted by molar-refractivity contribution is 0.310. The van der Waals surface area contributed by atoms with Crippen molar-refractivity contribution in [2.24, 2.45) is 4.99 Å². The number of nitrogens with one attached hydrogen (secondary N) is 2. The third-order valence-corrected chi connectivity index (χ3v) is 4.09. The molecule has 0 spiro atoms. The number of aromatic nitrogens is 3. The lowest BCUT2D eigenvalue weighted by Gasteiger charge is -2.12. The zero-order chi connectivity index (χ0) is 19.8. The SMILES string of the molecule is CCNC(=NCc1ccc(OCC)c(OC)c1)NCc1nnc2ccccn12.I. The van der Waals surface area contributed by atoms with E-state index in [1.165, 1.54) is 0 Å². The minimum atomic E-state index is 0. The normalized spacial score (nSPS) is 11.1. The minimum Gasteiger partial charge on any atom is -0.493 e. The number of rotatable bonds is 8. The van der Waals surface area contributed by atoms with E-state index in [0.29, 0.717) is 31.4 Å². The Labute approximate surface area is 187 Å². The molecule has 0 saturated carbocycles. The predicted octanol–water partition coefficient (Wildman–Crippen LogP) is 3.01. The van der Waals surface area contributed by atoms with Crippen molar-refractivity contribution in [1.29, 1.82) is 0 Å². The molecule has 0 bridgehead atoms. The largest absolute Gasteiger partial charge is 0.493 e. The van der Waals surface area contributed by atoms with Gasteiger partial charge in [-0.05, 0) is 43.7 Å². The molecule has 2 N–H and O–H groups in total. The highest BCUT2D eigenvalue weighted by Gasteiger charge is 2.07. The molecule has 1 aromatic carbocycles. The summed E-state index contributed by atoms with van der Waals surface area (Å²) in [5, 5.41) is 15.0. The summed E-state index contributed by atoms with van der Waals surface area (Å²) < 4.78 is 12.9. The Kier molecular flexibility index (Phi) is 8.97. The summed E-state index contributed by atoms with van der Waals surface area (Å²) >= 11 is 0. The Hall–Kier alpha value is -2.56. The number of guanidine groups is 1. The van der Waals surface area contributed by atoms with E-state index < -0.39 is 0 Å². The lowest BCUT2D eigenvalue weighted by Crippen LogP contribution is -2.37. The Morgan fingerprint density at radius 1 is 1.10 bits per heavy atom. The second-order valence-corrected chi connectivity index (χ2v) is 6.01. The molecule has 3 rings (SSSR count). The number of aliphatic imine (C=N–C) groups is 1. The van der Waals surface area contributed by atoms with Gasteiger partial charge in [-0.15, -0.1) is 34.2 Å². The molecule has 3 aromatic rings. The number of nitrogens with zero attached hydrogens (tertiary/aromatic N) is 4. The monoisotopic (exact) mass is 510 g/mol. The van der Waals surface area contributed by atoms with Crippen molar-refractivity contribution >= 4 is 35.6 Å². The summed E-state index contributed by atoms with van der Waals surface area (Å²) in [5.74, 6) is 2.98. The van der Waals surface area contributed by atoms with Crippen LogP contribution in [0.15, 0.2) is 47.6 Å². The third-order valence-electron chi connectivity index (χ3n) is 4.09. The van der Waals surface area contributed by atoms with Crippen LogP contribution in [-0.2, 0) is 13.1 Å². The minimum absolute atomic E-state index is 0. The molecule has 0 aliphatic carbocycles. The van der Waals surface area contributed by atoms with Gasteiger partial charge in [0, 0.05) is 12.7 Å². The van der Waals surface area contributed by atoms with E-state index in [4.69, 9.17) is 9.47 Å². The first-order valence-corrected chi connectivity index (χ1v) is 9.35. The number of halogens is 1. The van der Waals surface area contributed by atoms with E-state index in [1.54, 1.807) is 7.11 Å². The molecule has 29 heavy (non-hydrogen) atoms. The summed E-state index contributed by atoms with van der Waals surface area (Å²) in [7, 11) is 1.64. The first-order valence-electron chi connectivity index (χ1n) is 9.35. The predicted molar refractivity (Wildman–Crippen MR) is 124 cm³/mol. The molecule has 0 atom stereocenters. The molecule has 0 amide bonds. The third kappa shape index (κ3) is 5.96. The van der Waals surface area contributed by atoms with Crippen molar-refractivity contribution in [2.45, 2.75) is 26.9 Å². The summed E-state index contributed by atoms with van der Waals surface area (Å²) in [6, 6.07) is 11.7. The fourth-order valence-electron chi connectivity index (χ4n) is 2.77. The van der Waals surface area contributed by atoms with E-state index in [-0.39, 0.29) is 24.0 Å². The van der Waals surface area contributed by atoms with Gasteiger partial charge in [0.15, 0.2) is 28.9 Å². The zero-order valence-electron chi connectivity index (χ0n) is 16.9. The van der Waals surface area contributed by atoms with Gasteiger partial charge in [-0.2, -0.15) is 0 Å². The van der Waals surface area contributed by atoms with E-state index in [1.807, 2.05) is 60.8 Å². The topological polar surface area (TPSA) is 85.1 Å². The molecule has 0 unspecified atom stereocenters. The molecule has 9 heteroatoms. The second-order valence-electron chi connectivity index (χ2n) is 6.01. The Morgan fingerprint density at radius 3 is 2.72 bits per heavy atom. The van der Waals surface area contributed by atoms with Crippen LogP contribution in [0.4, 0.5) is 0 Å². The van der Waals surface area contributed by atoms with Crippen LogP contribution in [0.3, 0.4) is 0 Å². The van der Waals surface area contributed by atoms with E-state index in [9.17, 15) is 0 Å². The van der Waals surface area contributed by atoms with Crippen LogP contribution in [0, 0.1) is 0 Å². The number of methoxy groups -OCH3 is 1. The lowest BCUT2D eigenvalue weighted by atomic mass is 10.2. The summed E-state index contributed by atoms with van der Waals surface area (Å²) in [4.78, 5) is 4.65. The molecule has 0 saturated heterocycles. The summed E-state index contributed by atoms with van der Waals surface area (Å²) in [6.45, 7) is 6.37. The van der Waals surface area contributed by atoms with Gasteiger partial charge in [0.25, 0.3) is 0 Å². The molecule has 2 heterocycles. The molecular weight excluding hydrogens is 483 g/mol. The van der Waals surface area contributed by atoms with Crippen molar-refractivity contribution in [3.63, 3.8) is 0 Å². The van der Waals surface area contributed by atoms with Gasteiger partial charge >= 0.3 is 0 Å². The van der Waals surface area contributed by atoms with Gasteiger partial charge in [0.2, 0.25) is 0 Å². The van der Waals surface area contributed by atoms with Crippen LogP contribution in [0.25, 0.3) is 5.65 Å². The molecule has 0 aliphatic rings. The maximum atomic E-state index is 5.56. The van der Waals surface area contributed by atoms with Crippen molar-refractivity contribution in [3.05, 3.63) is 54.0 Å². The molecular formula is C20H27IN6O2. The number of hydrogen-bond donors (Lipinski definition) is 2. The molecule has 2 aromatic heterocycles. The van der Waals surface area contributed by atoms with E-state index >= 15 is 0 Å². The summed E-state index contributed by atoms with van der Waals surface area (Å²) in [6.07, 6.45) is 1.95. The van der Waals surface area contributed by atoms with Crippen LogP contribution in [0.1, 0.15) is 25.2 Å². The van der Waals surface area contributed by atoms with Gasteiger partial charge in [-0.3, -0.25) is 4.40 Å². The Morgan fingerprint density at radius 2 is 1.97 bits per heavy atom. The van der Waals surface area contributed by atoms with Crippen molar-refractivity contribution in [1.82, 2.24) is 25.2 Å². The van der Waals surface area contributed by atoms with Gasteiger partial charge in [-0.25, -0.2) is 4.99 Å². The fraction of sp³-hybridized carbons (Fsp3) is 0.350. The maximum Gasteiger partial charge on any atom is 0.191 e. The Bertz CT molecular complexity index is 944. The first-order chi connectivity index (χ1) is 13.7. The standard InChI is InChI=1S/C20H26N6O2.HI/c1-4-21-20(23-14-19-25-24-18-8-6-7-11-26(18)19)22-13-15-9-10-16(28-5-2)17(12-15)27-3;/h6-12H,4-5,13-14H2,1-3H3,(H2,21,22,23);1H. The van der Waals surface area contributed by atoms with Crippen molar-refractivity contribution in [3.8, 4) is 11.5 Å². The van der Waals surface area contributed by atoms with Gasteiger partial charge in [0.05, 0.1) is 26.8 Å². The van der Waals surface area contributed by atoms with Crippen LogP contribution < -0.4 is 20.1 Å². The zero-order valence-corrected chi connectivity index (χ0v) is 19.2. The quantitative estimate of drug-likeness (QED) is 0.276. The van der Waals surface area contributed by atoms with E-state index in [2.05, 4.69) is 25.8 Å². The van der Waals surface area contributed by atoms with Gasteiger partial charge in [0.1, 0.15) is 0 Å². The number of ether oxygens (including phenoxy) is 2. The van der Waals surface area contributed by atoms with Crippen LogP contribution in [-0.4, -0.2) is 40.8 Å². The second kappa shape index (κ2) is 11.4. The molecule has 156 valence electrons. The molecule has 8 nitrogen and oxygen atoms in total. The Balaban J connectivity index is 0.00000300. The molecule has 0 aliphatic heterocycles. The number of benzene rings is 1. The van der Waals surface area contributed by atoms with Gasteiger partial charge < -0.3 is 20.1 Å². The van der Waals surface area contributed by atoms with Crippen LogP contribution in [0.2, 0.25) is 0 Å². The number of pyridine rings is 1. The molecule has 0 fully saturated rings. The number of fused-ring (bicyclic) bond motifs is 1. The highest BCUT2D eigenvalue weighted by molar-refractivity contribution is 14.0. The van der Waals surface area contributed by atoms with Crippen LogP contribution in [0.5, 0.6) is 11.5 Å². The highest BCUT2D eigenvalue weighted by atomic mass is 127. The van der Waals surface area contributed by atoms with Crippen molar-refractivity contribution in [2.75, 3.05) is 20.3 Å². The van der Waals surface area contributed by atoms with E-state index in [0.717, 1.165) is 29.3 Å². The average molecular weight is 510 g/mol. The number of hydrogen-bond acceptors (Lipinski definition) is 5. The fourth-order valence-corrected chi connectivity index (χ4v) is 2.77. The maximum absolute atomic E-state index is 5.56. The summed E-state index contributed by atoms with van der Waals surface area (Å²) in [5.41, 5.74) is 1.85. The molecule has 0 radical (unpaired) electrons. The highest BCUT2D eigenvalue weighted by Crippen LogP contribution is 2.28. The van der Waals surface area contributed by atoms with Gasteiger partial charge in [-0.1, -0.05) is 12.1 Å². The first kappa shape index (κ1) is 22.7. The van der Waals surface area contributed by atoms with Crippen LogP contribution >= 0.6 is 24.0 Å². The van der Waals surface area contributed by atoms with Crippen molar-refractivity contribution < 1.29 is 9.47 Å². The smallest absolute Gasteiger partial charge is 0.191 e.